The number of sulfone groups is 1. The van der Waals surface area contributed by atoms with Gasteiger partial charge >= 0.3 is 23.6 Å². The first-order valence-corrected chi connectivity index (χ1v) is 22.4. The van der Waals surface area contributed by atoms with Crippen molar-refractivity contribution in [3.8, 4) is 17.2 Å². The number of hydrogen-bond donors (Lipinski definition) is 4. The summed E-state index contributed by atoms with van der Waals surface area (Å²) >= 11 is 0. The number of benzene rings is 2. The van der Waals surface area contributed by atoms with Gasteiger partial charge in [-0.05, 0) is 68.6 Å². The van der Waals surface area contributed by atoms with E-state index in [0.29, 0.717) is 36.7 Å². The Kier molecular flexibility index (Phi) is 29.7. The van der Waals surface area contributed by atoms with Crippen LogP contribution in [0.2, 0.25) is 0 Å². The van der Waals surface area contributed by atoms with Gasteiger partial charge in [0.25, 0.3) is 10.1 Å². The van der Waals surface area contributed by atoms with E-state index >= 15 is 0 Å². The Bertz CT molecular complexity index is 2120. The number of fused-ring (bicyclic) bond motifs is 1. The molecule has 4 aliphatic rings. The first kappa shape index (κ1) is 64.0. The van der Waals surface area contributed by atoms with Gasteiger partial charge in [0.1, 0.15) is 12.7 Å². The second-order valence-corrected chi connectivity index (χ2v) is 19.1. The summed E-state index contributed by atoms with van der Waals surface area (Å²) in [6.07, 6.45) is 10.9. The molecule has 1 saturated heterocycles. The third-order valence-electron chi connectivity index (χ3n) is 10.1. The molecule has 16 heteroatoms. The van der Waals surface area contributed by atoms with Crippen molar-refractivity contribution in [1.82, 2.24) is 0 Å². The number of aromatic hydroxyl groups is 3. The zero-order valence-corrected chi connectivity index (χ0v) is 37.8. The molecule has 67 heavy (non-hydrogen) atoms. The number of carbonyl (C=O) groups excluding carboxylic acids is 3. The number of allylic oxidation sites excluding steroid dienone is 1. The Hall–Kier alpha value is -5.05. The van der Waals surface area contributed by atoms with E-state index in [1.807, 2.05) is 48.5 Å². The number of Topliss-reactive ketones (excluding diaryl/α,β-unsaturated/α-hetero) is 1. The molecule has 4 N–H and O–H groups in total. The van der Waals surface area contributed by atoms with E-state index in [2.05, 4.69) is 20.1 Å². The first-order valence-electron chi connectivity index (χ1n) is 21.7. The molecule has 15 nitrogen and oxygen atoms in total. The Morgan fingerprint density at radius 3 is 1.88 bits per heavy atom. The molecule has 1 heterocycles. The average Bonchev–Trinajstić information content (AvgIpc) is 4.10. The number of hydrogen-bond acceptors (Lipinski definition) is 12. The Morgan fingerprint density at radius 1 is 0.896 bits per heavy atom. The van der Waals surface area contributed by atoms with E-state index in [9.17, 15) is 27.6 Å². The number of phenols is 3. The number of carboxylic acid groups (broad SMARTS) is 1. The highest BCUT2D eigenvalue weighted by molar-refractivity contribution is 7.90. The number of phenolic OH excluding ortho intramolecular Hbond substituents is 3. The second kappa shape index (κ2) is 31.1. The molecule has 1 aliphatic heterocycles. The second-order valence-electron chi connectivity index (χ2n) is 17.1. The van der Waals surface area contributed by atoms with Crippen LogP contribution in [-0.4, -0.2) is 100 Å². The predicted octanol–water partition coefficient (Wildman–Crippen LogP) is 11.4. The number of carbonyl (C=O) groups is 4. The normalized spacial score (nSPS) is 16.2. The van der Waals surface area contributed by atoms with Gasteiger partial charge in [-0.15, -0.1) is 0 Å². The molecule has 386 valence electrons. The molecule has 2 aromatic carbocycles. The Balaban J connectivity index is -0.000000264. The van der Waals surface area contributed by atoms with E-state index in [0.717, 1.165) is 25.0 Å². The third kappa shape index (κ3) is 23.0. The predicted molar refractivity (Wildman–Crippen MR) is 269 cm³/mol. The van der Waals surface area contributed by atoms with E-state index < -0.39 is 27.0 Å². The maximum absolute atomic E-state index is 12.1. The van der Waals surface area contributed by atoms with Crippen molar-refractivity contribution >= 4 is 45.3 Å². The van der Waals surface area contributed by atoms with Crippen LogP contribution in [-0.2, 0) is 43.8 Å². The van der Waals surface area contributed by atoms with Gasteiger partial charge in [-0.2, -0.15) is 4.79 Å². The summed E-state index contributed by atoms with van der Waals surface area (Å²) in [5, 5.41) is 21.6. The summed E-state index contributed by atoms with van der Waals surface area (Å²) in [4.78, 5) is 49.0. The number of nitrogens with zero attached hydrogens (tertiary/aromatic N) is 2. The van der Waals surface area contributed by atoms with Crippen LogP contribution in [0.4, 0.5) is 0 Å². The van der Waals surface area contributed by atoms with E-state index in [-0.39, 0.29) is 113 Å². The fraction of sp³-hybridized carbons (Fsp3) is 0.627. The van der Waals surface area contributed by atoms with Gasteiger partial charge in [-0.25, -0.2) is 8.42 Å². The highest BCUT2D eigenvalue weighted by atomic mass is 32.2. The van der Waals surface area contributed by atoms with Gasteiger partial charge in [-0.1, -0.05) is 130 Å². The number of esters is 2. The fourth-order valence-corrected chi connectivity index (χ4v) is 7.10. The number of ketones is 1. The largest absolute Gasteiger partial charge is 0.504 e. The molecule has 6 rings (SSSR count). The van der Waals surface area contributed by atoms with Crippen LogP contribution in [0.25, 0.3) is 11.6 Å². The van der Waals surface area contributed by atoms with E-state index in [4.69, 9.17) is 29.1 Å². The van der Waals surface area contributed by atoms with Crippen LogP contribution in [0.15, 0.2) is 41.3 Å². The van der Waals surface area contributed by atoms with Crippen LogP contribution in [0.3, 0.4) is 0 Å². The summed E-state index contributed by atoms with van der Waals surface area (Å²) in [5.74, 6) is -0.528. The number of rotatable bonds is 15. The maximum atomic E-state index is 12.1. The summed E-state index contributed by atoms with van der Waals surface area (Å²) in [6.45, 7) is 16.2. The number of methoxy groups -OCH3 is 1. The van der Waals surface area contributed by atoms with Crippen LogP contribution < -0.4 is 0 Å². The lowest BCUT2D eigenvalue weighted by atomic mass is 9.80. The lowest BCUT2D eigenvalue weighted by Gasteiger charge is -2.26. The summed E-state index contributed by atoms with van der Waals surface area (Å²) < 4.78 is 58.9. The molecular formula is C51H88N2O13S. The molecule has 0 spiro atoms. The topological polar surface area (TPSA) is 251 Å². The highest BCUT2D eigenvalue weighted by Gasteiger charge is 2.39. The third-order valence-corrected chi connectivity index (χ3v) is 11.3. The van der Waals surface area contributed by atoms with E-state index in [1.165, 1.54) is 69.2 Å². The first-order chi connectivity index (χ1) is 30.0. The lowest BCUT2D eigenvalue weighted by Crippen LogP contribution is -2.33. The monoisotopic (exact) mass is 972 g/mol. The van der Waals surface area contributed by atoms with Crippen molar-refractivity contribution in [2.75, 3.05) is 26.6 Å². The minimum atomic E-state index is -3.40. The molecule has 0 aromatic heterocycles. The van der Waals surface area contributed by atoms with Gasteiger partial charge in [0.05, 0.1) is 35.9 Å². The fourth-order valence-electron chi connectivity index (χ4n) is 6.19. The van der Waals surface area contributed by atoms with Crippen LogP contribution in [0.5, 0.6) is 17.2 Å². The van der Waals surface area contributed by atoms with Crippen molar-refractivity contribution in [1.29, 1.82) is 4.29 Å². The molecule has 3 aliphatic carbocycles. The van der Waals surface area contributed by atoms with Gasteiger partial charge in [0.2, 0.25) is 5.75 Å². The Labute approximate surface area is 408 Å². The van der Waals surface area contributed by atoms with Gasteiger partial charge in [-0.3, -0.25) is 19.2 Å². The van der Waals surface area contributed by atoms with Crippen LogP contribution in [0, 0.1) is 29.1 Å². The maximum Gasteiger partial charge on any atom is 0.362 e. The average molecular weight is 972 g/mol. The molecule has 0 radical (unpaired) electrons. The van der Waals surface area contributed by atoms with E-state index in [1.54, 1.807) is 13.0 Å². The van der Waals surface area contributed by atoms with Gasteiger partial charge in [0.15, 0.2) is 21.3 Å². The van der Waals surface area contributed by atoms with Crippen molar-refractivity contribution in [2.45, 2.75) is 161 Å². The number of aliphatic carboxylic acids is 1. The smallest absolute Gasteiger partial charge is 0.362 e. The molecule has 2 aromatic rings. The quantitative estimate of drug-likeness (QED) is 0.0427. The summed E-state index contributed by atoms with van der Waals surface area (Å²) in [7, 11) is -2.00. The van der Waals surface area contributed by atoms with Crippen molar-refractivity contribution < 1.29 is 67.0 Å². The number of carboxylic acids is 1. The lowest BCUT2D eigenvalue weighted by molar-refractivity contribution is -0.157. The number of epoxide rings is 1. The van der Waals surface area contributed by atoms with Crippen molar-refractivity contribution in [3.05, 3.63) is 58.6 Å². The van der Waals surface area contributed by atoms with Crippen LogP contribution >= 0.6 is 0 Å². The zero-order valence-electron chi connectivity index (χ0n) is 39.9. The summed E-state index contributed by atoms with van der Waals surface area (Å²) in [6, 6.07) is 7.63. The standard InChI is InChI=1S/C15H24O5.C11H8N2O3S.C10H14O3.C7H12O2.C2H6.6CH4/c1-15(2,14(17)20-9-12-8-19-12)7-11(13(16)18-3)6-10-4-5-10;1-17(15,16)10-4-2-3-8-7(10)5-6-9(13-12)11(8)14;1-10(2,3)6-4-5-7(11)9(13)8(6)12;1-5(7(8)9)4-6-2-3-6;1-2;;;;;;/h10-12H,4-9H2,1-3H3;2-6H,1H3;4-5,11-13H,1-3H3;5-6H,2-4H2,1H3,(H,8,9);1-2H3;6*1H4/i/hD3. The van der Waals surface area contributed by atoms with Gasteiger partial charge < -0.3 is 40.2 Å². The minimum Gasteiger partial charge on any atom is -0.504 e. The summed E-state index contributed by atoms with van der Waals surface area (Å²) in [5.41, 5.74) is 8.85. The zero-order chi connectivity index (χ0) is 48.6. The van der Waals surface area contributed by atoms with Crippen LogP contribution in [0.1, 0.15) is 166 Å². The van der Waals surface area contributed by atoms with Crippen molar-refractivity contribution in [3.63, 3.8) is 0 Å². The highest BCUT2D eigenvalue weighted by Crippen LogP contribution is 2.42. The molecule has 0 amide bonds. The molecular weight excluding hydrogens is 881 g/mol. The molecule has 0 bridgehead atoms. The molecule has 2 saturated carbocycles. The Morgan fingerprint density at radius 2 is 1.45 bits per heavy atom. The minimum absolute atomic E-state index is 0. The van der Waals surface area contributed by atoms with Crippen molar-refractivity contribution in [2.24, 2.45) is 29.1 Å². The number of ether oxygens (including phenoxy) is 3. The molecule has 3 atom stereocenters. The van der Waals surface area contributed by atoms with Gasteiger partial charge in [0, 0.05) is 29.0 Å². The molecule has 3 unspecified atom stereocenters. The SMILES string of the molecule is C.C.C.C.C.C.CC.CC(CC1CC1)C(=O)O.COC(=O)C(CC1CC1)CC(C)(C)C(=O)OCC1CO1.CS(=O)(=O)c1cccc2c1C=CC(=[N+]=[N-])C2=O.[2H]Oc1ccc(C(C)(C)C)c(O[2H])c1O[2H]. The molecule has 3 fully saturated rings.